The summed E-state index contributed by atoms with van der Waals surface area (Å²) >= 11 is 0. The maximum absolute atomic E-state index is 11.9. The molecule has 0 aromatic rings. The zero-order valence-corrected chi connectivity index (χ0v) is 10.5. The minimum atomic E-state index is -0.0130. The van der Waals surface area contributed by atoms with E-state index >= 15 is 0 Å². The lowest BCUT2D eigenvalue weighted by Gasteiger charge is -2.43. The lowest BCUT2D eigenvalue weighted by molar-refractivity contribution is -0.127. The van der Waals surface area contributed by atoms with E-state index in [0.717, 1.165) is 13.0 Å². The van der Waals surface area contributed by atoms with Gasteiger partial charge in [0.25, 0.3) is 0 Å². The van der Waals surface area contributed by atoms with Crippen LogP contribution in [-0.4, -0.2) is 29.8 Å². The average Bonchev–Trinajstić information content (AvgIpc) is 2.37. The number of carbonyl (C=O) groups excluding carboxylic acids is 1. The molecular formula is C14H21NO. The van der Waals surface area contributed by atoms with Crippen molar-refractivity contribution in [2.45, 2.75) is 39.7 Å². The Balaban J connectivity index is 2.00. The van der Waals surface area contributed by atoms with Crippen LogP contribution in [-0.2, 0) is 4.79 Å². The Morgan fingerprint density at radius 2 is 2.38 bits per heavy atom. The molecule has 16 heavy (non-hydrogen) atoms. The van der Waals surface area contributed by atoms with Crippen LogP contribution >= 0.6 is 0 Å². The van der Waals surface area contributed by atoms with Crippen LogP contribution < -0.4 is 0 Å². The van der Waals surface area contributed by atoms with Gasteiger partial charge < -0.3 is 0 Å². The van der Waals surface area contributed by atoms with Gasteiger partial charge in [0.2, 0.25) is 0 Å². The van der Waals surface area contributed by atoms with E-state index in [1.54, 1.807) is 0 Å². The van der Waals surface area contributed by atoms with Crippen LogP contribution in [0.25, 0.3) is 0 Å². The van der Waals surface area contributed by atoms with Gasteiger partial charge in [-0.05, 0) is 26.7 Å². The molecule has 2 heteroatoms. The van der Waals surface area contributed by atoms with E-state index < -0.39 is 0 Å². The molecule has 0 N–H and O–H groups in total. The molecule has 0 spiro atoms. The molecule has 1 heterocycles. The van der Waals surface area contributed by atoms with Crippen LogP contribution in [0.5, 0.6) is 0 Å². The highest BCUT2D eigenvalue weighted by atomic mass is 16.1. The molecule has 88 valence electrons. The second-order valence-corrected chi connectivity index (χ2v) is 5.34. The molecule has 0 aromatic heterocycles. The molecule has 1 saturated heterocycles. The molecule has 2 unspecified atom stereocenters. The van der Waals surface area contributed by atoms with Crippen LogP contribution in [0.4, 0.5) is 0 Å². The Morgan fingerprint density at radius 3 is 2.88 bits per heavy atom. The third kappa shape index (κ3) is 1.75. The Hall–Kier alpha value is -0.890. The number of Topliss-reactive ketones (excluding diaryl/α,β-unsaturated/α-hetero) is 1. The van der Waals surface area contributed by atoms with Gasteiger partial charge in [0.1, 0.15) is 0 Å². The van der Waals surface area contributed by atoms with Crippen LogP contribution in [0.15, 0.2) is 23.8 Å². The van der Waals surface area contributed by atoms with Crippen molar-refractivity contribution in [3.63, 3.8) is 0 Å². The van der Waals surface area contributed by atoms with Crippen molar-refractivity contribution in [3.05, 3.63) is 23.8 Å². The zero-order valence-electron chi connectivity index (χ0n) is 10.5. The molecule has 2 aliphatic rings. The molecule has 2 fully saturated rings. The number of ketones is 1. The summed E-state index contributed by atoms with van der Waals surface area (Å²) in [6.45, 7) is 7.89. The Bertz CT molecular complexity index is 356. The number of allylic oxidation sites excluding steroid dienone is 3. The first-order valence-corrected chi connectivity index (χ1v) is 6.14. The fourth-order valence-electron chi connectivity index (χ4n) is 2.89. The van der Waals surface area contributed by atoms with Gasteiger partial charge in [-0.25, -0.2) is 0 Å². The van der Waals surface area contributed by atoms with E-state index in [4.69, 9.17) is 0 Å². The average molecular weight is 219 g/mol. The highest BCUT2D eigenvalue weighted by Gasteiger charge is 2.56. The van der Waals surface area contributed by atoms with Gasteiger partial charge in [-0.1, -0.05) is 30.7 Å². The van der Waals surface area contributed by atoms with E-state index in [0.29, 0.717) is 18.4 Å². The number of hydrogen-bond donors (Lipinski definition) is 0. The number of nitrogens with zero attached hydrogens (tertiary/aromatic N) is 1. The van der Waals surface area contributed by atoms with E-state index in [9.17, 15) is 4.79 Å². The summed E-state index contributed by atoms with van der Waals surface area (Å²) in [6, 6.07) is 0.508. The maximum atomic E-state index is 11.9. The quantitative estimate of drug-likeness (QED) is 0.680. The topological polar surface area (TPSA) is 20.3 Å². The van der Waals surface area contributed by atoms with Gasteiger partial charge in [0.05, 0.1) is 6.54 Å². The van der Waals surface area contributed by atoms with Crippen LogP contribution in [0.2, 0.25) is 0 Å². The van der Waals surface area contributed by atoms with Gasteiger partial charge >= 0.3 is 0 Å². The van der Waals surface area contributed by atoms with Gasteiger partial charge in [0, 0.05) is 18.0 Å². The minimum absolute atomic E-state index is 0.0130. The monoisotopic (exact) mass is 219 g/mol. The number of likely N-dealkylation sites (tertiary alicyclic amines) is 1. The van der Waals surface area contributed by atoms with E-state index in [1.165, 1.54) is 12.0 Å². The number of hydrogen-bond acceptors (Lipinski definition) is 2. The van der Waals surface area contributed by atoms with E-state index in [2.05, 4.69) is 30.9 Å². The predicted molar refractivity (Wildman–Crippen MR) is 66.3 cm³/mol. The molecule has 1 saturated carbocycles. The summed E-state index contributed by atoms with van der Waals surface area (Å²) in [6.07, 6.45) is 8.52. The van der Waals surface area contributed by atoms with Crippen molar-refractivity contribution in [2.24, 2.45) is 5.41 Å². The third-order valence-electron chi connectivity index (χ3n) is 4.12. The summed E-state index contributed by atoms with van der Waals surface area (Å²) in [7, 11) is 0. The standard InChI is InChI=1S/C14H21NO/c1-4-5-6-11(2)9-15-10-13(16)14(3)8-7-12(14)15/h4-6,12H,7-10H2,1-3H3/b5-4-,11-6+. The van der Waals surface area contributed by atoms with Gasteiger partial charge in [0.15, 0.2) is 5.78 Å². The van der Waals surface area contributed by atoms with E-state index in [-0.39, 0.29) is 5.41 Å². The molecule has 1 aliphatic heterocycles. The second-order valence-electron chi connectivity index (χ2n) is 5.34. The van der Waals surface area contributed by atoms with Gasteiger partial charge in [-0.2, -0.15) is 0 Å². The number of rotatable bonds is 3. The molecule has 0 radical (unpaired) electrons. The summed E-state index contributed by atoms with van der Waals surface area (Å²) < 4.78 is 0. The number of fused-ring (bicyclic) bond motifs is 1. The van der Waals surface area contributed by atoms with E-state index in [1.807, 2.05) is 13.0 Å². The Morgan fingerprint density at radius 1 is 1.62 bits per heavy atom. The molecule has 1 aliphatic carbocycles. The molecule has 2 atom stereocenters. The zero-order chi connectivity index (χ0) is 11.8. The molecule has 0 bridgehead atoms. The van der Waals surface area contributed by atoms with Crippen molar-refractivity contribution < 1.29 is 4.79 Å². The lowest BCUT2D eigenvalue weighted by Crippen LogP contribution is -2.48. The van der Waals surface area contributed by atoms with Crippen molar-refractivity contribution in [3.8, 4) is 0 Å². The fourth-order valence-corrected chi connectivity index (χ4v) is 2.89. The molecule has 0 aromatic carbocycles. The fraction of sp³-hybridized carbons (Fsp3) is 0.643. The SMILES string of the molecule is C/C=C\C=C(/C)CN1CC(=O)C2(C)CCC12. The minimum Gasteiger partial charge on any atom is -0.298 e. The second kappa shape index (κ2) is 4.17. The van der Waals surface area contributed by atoms with Crippen LogP contribution in [0, 0.1) is 5.41 Å². The Kier molecular flexibility index (Phi) is 3.02. The first-order valence-electron chi connectivity index (χ1n) is 6.14. The van der Waals surface area contributed by atoms with Gasteiger partial charge in [-0.15, -0.1) is 0 Å². The molecular weight excluding hydrogens is 198 g/mol. The van der Waals surface area contributed by atoms with Crippen molar-refractivity contribution in [1.29, 1.82) is 0 Å². The summed E-state index contributed by atoms with van der Waals surface area (Å²) in [5, 5.41) is 0. The van der Waals surface area contributed by atoms with Crippen LogP contribution in [0.1, 0.15) is 33.6 Å². The lowest BCUT2D eigenvalue weighted by atomic mass is 9.65. The first-order chi connectivity index (χ1) is 7.58. The normalized spacial score (nSPS) is 35.6. The largest absolute Gasteiger partial charge is 0.298 e. The summed E-state index contributed by atoms with van der Waals surface area (Å²) in [4.78, 5) is 14.2. The molecule has 2 nitrogen and oxygen atoms in total. The predicted octanol–water partition coefficient (Wildman–Crippen LogP) is 2.56. The smallest absolute Gasteiger partial charge is 0.154 e. The van der Waals surface area contributed by atoms with Crippen molar-refractivity contribution >= 4 is 5.78 Å². The maximum Gasteiger partial charge on any atom is 0.154 e. The summed E-state index contributed by atoms with van der Waals surface area (Å²) in [5.41, 5.74) is 1.32. The number of carbonyl (C=O) groups is 1. The highest BCUT2D eigenvalue weighted by molar-refractivity contribution is 5.90. The van der Waals surface area contributed by atoms with Crippen molar-refractivity contribution in [1.82, 2.24) is 4.90 Å². The van der Waals surface area contributed by atoms with Gasteiger partial charge in [-0.3, -0.25) is 9.69 Å². The van der Waals surface area contributed by atoms with Crippen molar-refractivity contribution in [2.75, 3.05) is 13.1 Å². The molecule has 2 rings (SSSR count). The third-order valence-corrected chi connectivity index (χ3v) is 4.12. The first kappa shape index (κ1) is 11.6. The summed E-state index contributed by atoms with van der Waals surface area (Å²) in [5.74, 6) is 0.447. The Labute approximate surface area is 98.0 Å². The molecule has 0 amide bonds. The van der Waals surface area contributed by atoms with Crippen LogP contribution in [0.3, 0.4) is 0 Å². The highest BCUT2D eigenvalue weighted by Crippen LogP contribution is 2.49.